The Bertz CT molecular complexity index is 773. The van der Waals surface area contributed by atoms with Gasteiger partial charge in [-0.1, -0.05) is 11.8 Å². The van der Waals surface area contributed by atoms with Crippen LogP contribution in [0.4, 0.5) is 4.39 Å². The lowest BCUT2D eigenvalue weighted by atomic mass is 10.2. The molecular formula is C14H12FNO4S. The standard InChI is InChI=1S/C14H12FNO4S/c15-13-9-11(3-1-7-17)5-6-14(13)21(18,19)16-10-12-4-2-8-20-12/h2,4-6,8-9,16-17H,7,10H2. The van der Waals surface area contributed by atoms with E-state index < -0.39 is 20.7 Å². The Kier molecular flexibility index (Phi) is 4.75. The SMILES string of the molecule is O=S(=O)(NCc1ccco1)c1ccc(C#CCO)cc1F. The smallest absolute Gasteiger partial charge is 0.243 e. The second-order valence-corrected chi connectivity index (χ2v) is 5.74. The molecule has 0 unspecified atom stereocenters. The van der Waals surface area contributed by atoms with Gasteiger partial charge in [0.1, 0.15) is 23.1 Å². The second-order valence-electron chi connectivity index (χ2n) is 4.01. The molecule has 0 spiro atoms. The Hall–Kier alpha value is -2.14. The van der Waals surface area contributed by atoms with Crippen LogP contribution in [0.5, 0.6) is 0 Å². The molecule has 2 N–H and O–H groups in total. The molecule has 0 atom stereocenters. The minimum Gasteiger partial charge on any atom is -0.468 e. The summed E-state index contributed by atoms with van der Waals surface area (Å²) in [5, 5.41) is 8.56. The molecule has 110 valence electrons. The van der Waals surface area contributed by atoms with Crippen LogP contribution in [0.25, 0.3) is 0 Å². The van der Waals surface area contributed by atoms with Crippen LogP contribution in [0.15, 0.2) is 45.9 Å². The quantitative estimate of drug-likeness (QED) is 0.833. The van der Waals surface area contributed by atoms with Crippen LogP contribution < -0.4 is 4.72 Å². The van der Waals surface area contributed by atoms with E-state index in [1.54, 1.807) is 12.1 Å². The van der Waals surface area contributed by atoms with Gasteiger partial charge < -0.3 is 9.52 Å². The second kappa shape index (κ2) is 6.54. The molecule has 2 rings (SSSR count). The topological polar surface area (TPSA) is 79.5 Å². The molecule has 0 aliphatic heterocycles. The summed E-state index contributed by atoms with van der Waals surface area (Å²) in [6.07, 6.45) is 1.42. The van der Waals surface area contributed by atoms with E-state index >= 15 is 0 Å². The predicted octanol–water partition coefficient (Wildman–Crippen LogP) is 1.24. The summed E-state index contributed by atoms with van der Waals surface area (Å²) in [5.41, 5.74) is 0.284. The average Bonchev–Trinajstić information content (AvgIpc) is 2.96. The average molecular weight is 309 g/mol. The highest BCUT2D eigenvalue weighted by molar-refractivity contribution is 7.89. The highest BCUT2D eigenvalue weighted by atomic mass is 32.2. The Morgan fingerprint density at radius 1 is 1.33 bits per heavy atom. The third-order valence-electron chi connectivity index (χ3n) is 2.55. The summed E-state index contributed by atoms with van der Waals surface area (Å²) in [4.78, 5) is -0.469. The number of furan rings is 1. The fourth-order valence-electron chi connectivity index (χ4n) is 1.60. The van der Waals surface area contributed by atoms with E-state index in [4.69, 9.17) is 9.52 Å². The lowest BCUT2D eigenvalue weighted by molar-refractivity contribution is 0.350. The van der Waals surface area contributed by atoms with E-state index in [1.807, 2.05) is 0 Å². The minimum absolute atomic E-state index is 0.0686. The van der Waals surface area contributed by atoms with Crippen molar-refractivity contribution in [3.8, 4) is 11.8 Å². The molecule has 5 nitrogen and oxygen atoms in total. The zero-order valence-electron chi connectivity index (χ0n) is 10.8. The first-order valence-corrected chi connectivity index (χ1v) is 7.42. The number of hydrogen-bond acceptors (Lipinski definition) is 4. The van der Waals surface area contributed by atoms with Crippen LogP contribution in [0.1, 0.15) is 11.3 Å². The van der Waals surface area contributed by atoms with Crippen LogP contribution in [0, 0.1) is 17.7 Å². The first-order valence-electron chi connectivity index (χ1n) is 5.94. The normalized spacial score (nSPS) is 11.0. The van der Waals surface area contributed by atoms with E-state index in [0.29, 0.717) is 5.76 Å². The maximum absolute atomic E-state index is 13.9. The first kappa shape index (κ1) is 15.3. The van der Waals surface area contributed by atoms with Crippen molar-refractivity contribution >= 4 is 10.0 Å². The number of aliphatic hydroxyl groups excluding tert-OH is 1. The van der Waals surface area contributed by atoms with Crippen LogP contribution in [-0.4, -0.2) is 20.1 Å². The molecule has 0 aliphatic carbocycles. The molecule has 21 heavy (non-hydrogen) atoms. The lowest BCUT2D eigenvalue weighted by Crippen LogP contribution is -2.24. The number of aliphatic hydroxyl groups is 1. The molecular weight excluding hydrogens is 297 g/mol. The molecule has 0 radical (unpaired) electrons. The maximum atomic E-state index is 13.9. The van der Waals surface area contributed by atoms with E-state index in [0.717, 1.165) is 12.1 Å². The lowest BCUT2D eigenvalue weighted by Gasteiger charge is -2.06. The molecule has 1 aromatic carbocycles. The van der Waals surface area contributed by atoms with Gasteiger partial charge in [-0.2, -0.15) is 0 Å². The summed E-state index contributed by atoms with van der Waals surface area (Å²) in [5.74, 6) is 4.36. The fourth-order valence-corrected chi connectivity index (χ4v) is 2.65. The van der Waals surface area contributed by atoms with Crippen LogP contribution in [0.3, 0.4) is 0 Å². The molecule has 0 aliphatic rings. The van der Waals surface area contributed by atoms with E-state index in [1.165, 1.54) is 12.3 Å². The molecule has 0 saturated carbocycles. The van der Waals surface area contributed by atoms with Crippen molar-refractivity contribution in [2.75, 3.05) is 6.61 Å². The van der Waals surface area contributed by atoms with Gasteiger partial charge in [0.05, 0.1) is 12.8 Å². The van der Waals surface area contributed by atoms with Crippen LogP contribution in [-0.2, 0) is 16.6 Å². The van der Waals surface area contributed by atoms with Gasteiger partial charge in [0.15, 0.2) is 0 Å². The van der Waals surface area contributed by atoms with Crippen molar-refractivity contribution in [1.29, 1.82) is 0 Å². The summed E-state index contributed by atoms with van der Waals surface area (Å²) >= 11 is 0. The monoisotopic (exact) mass is 309 g/mol. The van der Waals surface area contributed by atoms with Crippen molar-refractivity contribution in [2.24, 2.45) is 0 Å². The van der Waals surface area contributed by atoms with Gasteiger partial charge >= 0.3 is 0 Å². The van der Waals surface area contributed by atoms with Gasteiger partial charge in [0.2, 0.25) is 10.0 Å². The van der Waals surface area contributed by atoms with Crippen molar-refractivity contribution in [2.45, 2.75) is 11.4 Å². The van der Waals surface area contributed by atoms with Crippen LogP contribution >= 0.6 is 0 Å². The van der Waals surface area contributed by atoms with E-state index in [9.17, 15) is 12.8 Å². The summed E-state index contributed by atoms with van der Waals surface area (Å²) in [6.45, 7) is -0.423. The van der Waals surface area contributed by atoms with Crippen molar-refractivity contribution < 1.29 is 22.3 Å². The van der Waals surface area contributed by atoms with Crippen LogP contribution in [0.2, 0.25) is 0 Å². The summed E-state index contributed by atoms with van der Waals surface area (Å²) in [7, 11) is -3.99. The van der Waals surface area contributed by atoms with Gasteiger partial charge in [-0.15, -0.1) is 0 Å². The molecule has 2 aromatic rings. The van der Waals surface area contributed by atoms with Gasteiger partial charge in [-0.05, 0) is 30.3 Å². The first-order chi connectivity index (χ1) is 10.0. The predicted molar refractivity (Wildman–Crippen MR) is 73.1 cm³/mol. The summed E-state index contributed by atoms with van der Waals surface area (Å²) in [6, 6.07) is 6.73. The molecule has 0 fully saturated rings. The number of halogens is 1. The zero-order chi connectivity index (χ0) is 15.3. The largest absolute Gasteiger partial charge is 0.468 e. The van der Waals surface area contributed by atoms with E-state index in [-0.39, 0.29) is 18.7 Å². The van der Waals surface area contributed by atoms with Gasteiger partial charge in [-0.3, -0.25) is 0 Å². The number of hydrogen-bond donors (Lipinski definition) is 2. The highest BCUT2D eigenvalue weighted by Gasteiger charge is 2.19. The fraction of sp³-hybridized carbons (Fsp3) is 0.143. The molecule has 0 amide bonds. The Balaban J connectivity index is 2.19. The molecule has 1 heterocycles. The molecule has 1 aromatic heterocycles. The van der Waals surface area contributed by atoms with Crippen molar-refractivity contribution in [3.63, 3.8) is 0 Å². The third-order valence-corrected chi connectivity index (χ3v) is 3.98. The third kappa shape index (κ3) is 3.92. The molecule has 7 heteroatoms. The van der Waals surface area contributed by atoms with E-state index in [2.05, 4.69) is 16.6 Å². The number of benzene rings is 1. The number of nitrogens with one attached hydrogen (secondary N) is 1. The van der Waals surface area contributed by atoms with Gasteiger partial charge in [-0.25, -0.2) is 17.5 Å². The minimum atomic E-state index is -3.99. The van der Waals surface area contributed by atoms with Gasteiger partial charge in [0, 0.05) is 5.56 Å². The number of sulfonamides is 1. The van der Waals surface area contributed by atoms with Crippen molar-refractivity contribution in [1.82, 2.24) is 4.72 Å². The molecule has 0 saturated heterocycles. The summed E-state index contributed by atoms with van der Waals surface area (Å²) < 4.78 is 45.1. The number of rotatable bonds is 4. The Labute approximate surface area is 121 Å². The maximum Gasteiger partial charge on any atom is 0.243 e. The molecule has 0 bridgehead atoms. The highest BCUT2D eigenvalue weighted by Crippen LogP contribution is 2.16. The van der Waals surface area contributed by atoms with Crippen molar-refractivity contribution in [3.05, 3.63) is 53.7 Å². The Morgan fingerprint density at radius 2 is 2.14 bits per heavy atom. The Morgan fingerprint density at radius 3 is 2.76 bits per heavy atom. The van der Waals surface area contributed by atoms with Gasteiger partial charge in [0.25, 0.3) is 0 Å². The zero-order valence-corrected chi connectivity index (χ0v) is 11.7.